The highest BCUT2D eigenvalue weighted by atomic mass is 16.5. The van der Waals surface area contributed by atoms with Crippen LogP contribution in [0.4, 0.5) is 5.69 Å². The fourth-order valence-electron chi connectivity index (χ4n) is 4.41. The lowest BCUT2D eigenvalue weighted by molar-refractivity contribution is -0.115. The minimum absolute atomic E-state index is 0.0120. The zero-order valence-corrected chi connectivity index (χ0v) is 19.0. The maximum Gasteiger partial charge on any atom is 0.228 e. The van der Waals surface area contributed by atoms with Gasteiger partial charge in [-0.1, -0.05) is 48.5 Å². The van der Waals surface area contributed by atoms with Gasteiger partial charge in [0.2, 0.25) is 5.91 Å². The fraction of sp³-hybridized carbons (Fsp3) is 0.321. The minimum atomic E-state index is -0.0120. The first-order chi connectivity index (χ1) is 15.5. The van der Waals surface area contributed by atoms with E-state index in [1.165, 1.54) is 17.5 Å². The van der Waals surface area contributed by atoms with Crippen LogP contribution >= 0.6 is 0 Å². The Morgan fingerprint density at radius 3 is 2.50 bits per heavy atom. The predicted octanol–water partition coefficient (Wildman–Crippen LogP) is 5.11. The summed E-state index contributed by atoms with van der Waals surface area (Å²) in [5.74, 6) is 1.66. The Balaban J connectivity index is 1.28. The number of benzene rings is 3. The molecule has 0 spiro atoms. The third kappa shape index (κ3) is 6.21. The van der Waals surface area contributed by atoms with Crippen LogP contribution in [0.25, 0.3) is 0 Å². The van der Waals surface area contributed by atoms with E-state index in [2.05, 4.69) is 42.5 Å². The van der Waals surface area contributed by atoms with E-state index in [1.54, 1.807) is 0 Å². The molecule has 0 bridgehead atoms. The average molecular weight is 429 g/mol. The number of anilines is 1. The predicted molar refractivity (Wildman–Crippen MR) is 130 cm³/mol. The molecule has 0 aliphatic heterocycles. The number of hydrogen-bond donors (Lipinski definition) is 1. The molecule has 3 aromatic rings. The molecule has 0 heterocycles. The van der Waals surface area contributed by atoms with E-state index in [4.69, 9.17) is 4.74 Å². The Labute approximate surface area is 191 Å². The van der Waals surface area contributed by atoms with Crippen LogP contribution in [-0.4, -0.2) is 31.4 Å². The van der Waals surface area contributed by atoms with Crippen molar-refractivity contribution in [3.63, 3.8) is 0 Å². The van der Waals surface area contributed by atoms with E-state index in [9.17, 15) is 4.79 Å². The van der Waals surface area contributed by atoms with Crippen LogP contribution in [0.2, 0.25) is 0 Å². The van der Waals surface area contributed by atoms with Crippen LogP contribution in [0.15, 0.2) is 72.8 Å². The van der Waals surface area contributed by atoms with Crippen LogP contribution in [0.5, 0.6) is 5.75 Å². The quantitative estimate of drug-likeness (QED) is 0.542. The van der Waals surface area contributed by atoms with Crippen LogP contribution in [0, 0.1) is 5.92 Å². The number of hydrogen-bond acceptors (Lipinski definition) is 3. The van der Waals surface area contributed by atoms with Gasteiger partial charge in [0.15, 0.2) is 0 Å². The van der Waals surface area contributed by atoms with E-state index in [1.807, 2.05) is 54.6 Å². The van der Waals surface area contributed by atoms with Crippen molar-refractivity contribution in [3.05, 3.63) is 95.1 Å². The summed E-state index contributed by atoms with van der Waals surface area (Å²) in [6, 6.07) is 24.2. The summed E-state index contributed by atoms with van der Waals surface area (Å²) in [5.41, 5.74) is 5.78. The number of rotatable bonds is 8. The molecule has 0 saturated heterocycles. The van der Waals surface area contributed by atoms with Crippen molar-refractivity contribution < 1.29 is 9.53 Å². The molecule has 1 amide bonds. The van der Waals surface area contributed by atoms with Crippen molar-refractivity contribution in [1.29, 1.82) is 0 Å². The van der Waals surface area contributed by atoms with Gasteiger partial charge >= 0.3 is 0 Å². The zero-order chi connectivity index (χ0) is 22.3. The molecule has 4 nitrogen and oxygen atoms in total. The maximum absolute atomic E-state index is 12.2. The lowest BCUT2D eigenvalue weighted by Gasteiger charge is -2.27. The van der Waals surface area contributed by atoms with Crippen molar-refractivity contribution in [2.75, 3.05) is 26.0 Å². The third-order valence-corrected chi connectivity index (χ3v) is 5.98. The standard InChI is InChI=1S/C28H32N2O2/c1-30(2)19-23-8-11-25-18-27(15-12-24(25)16-23)32-20-22-9-13-26(14-10-22)29-28(31)17-21-6-4-3-5-7-21/h3-7,9-10,12-15,18,23H,8,11,16-17,19-20H2,1-2H3,(H,29,31). The first kappa shape index (κ1) is 22.1. The van der Waals surface area contributed by atoms with Crippen molar-refractivity contribution in [3.8, 4) is 5.75 Å². The number of ether oxygens (including phenoxy) is 1. The van der Waals surface area contributed by atoms with Crippen molar-refractivity contribution in [1.82, 2.24) is 4.90 Å². The van der Waals surface area contributed by atoms with Gasteiger partial charge in [0.05, 0.1) is 6.42 Å². The van der Waals surface area contributed by atoms with Crippen molar-refractivity contribution in [2.45, 2.75) is 32.3 Å². The Kier molecular flexibility index (Phi) is 7.23. The molecular weight excluding hydrogens is 396 g/mol. The molecule has 0 radical (unpaired) electrons. The number of fused-ring (bicyclic) bond motifs is 1. The maximum atomic E-state index is 12.2. The summed E-state index contributed by atoms with van der Waals surface area (Å²) in [7, 11) is 4.30. The van der Waals surface area contributed by atoms with E-state index in [0.717, 1.165) is 47.9 Å². The van der Waals surface area contributed by atoms with Crippen LogP contribution in [0.3, 0.4) is 0 Å². The summed E-state index contributed by atoms with van der Waals surface area (Å²) in [5, 5.41) is 2.96. The molecule has 1 unspecified atom stereocenters. The minimum Gasteiger partial charge on any atom is -0.489 e. The zero-order valence-electron chi connectivity index (χ0n) is 19.0. The smallest absolute Gasteiger partial charge is 0.228 e. The molecule has 4 heteroatoms. The number of carbonyl (C=O) groups excluding carboxylic acids is 1. The van der Waals surface area contributed by atoms with Crippen LogP contribution in [0.1, 0.15) is 28.7 Å². The van der Waals surface area contributed by atoms with Gasteiger partial charge in [-0.3, -0.25) is 4.79 Å². The second kappa shape index (κ2) is 10.5. The van der Waals surface area contributed by atoms with E-state index >= 15 is 0 Å². The van der Waals surface area contributed by atoms with Gasteiger partial charge in [0, 0.05) is 12.2 Å². The molecule has 1 aliphatic rings. The van der Waals surface area contributed by atoms with Gasteiger partial charge in [0.1, 0.15) is 12.4 Å². The highest BCUT2D eigenvalue weighted by molar-refractivity contribution is 5.92. The molecular formula is C28H32N2O2. The van der Waals surface area contributed by atoms with Gasteiger partial charge in [-0.15, -0.1) is 0 Å². The summed E-state index contributed by atoms with van der Waals surface area (Å²) < 4.78 is 6.05. The summed E-state index contributed by atoms with van der Waals surface area (Å²) >= 11 is 0. The molecule has 0 aromatic heterocycles. The first-order valence-corrected chi connectivity index (χ1v) is 11.4. The van der Waals surface area contributed by atoms with Gasteiger partial charge in [-0.05, 0) is 85.8 Å². The van der Waals surface area contributed by atoms with E-state index < -0.39 is 0 Å². The highest BCUT2D eigenvalue weighted by Crippen LogP contribution is 2.29. The lowest BCUT2D eigenvalue weighted by atomic mass is 9.83. The van der Waals surface area contributed by atoms with Crippen LogP contribution < -0.4 is 10.1 Å². The Morgan fingerprint density at radius 1 is 0.969 bits per heavy atom. The molecule has 32 heavy (non-hydrogen) atoms. The van der Waals surface area contributed by atoms with E-state index in [0.29, 0.717) is 13.0 Å². The third-order valence-electron chi connectivity index (χ3n) is 5.98. The molecule has 0 fully saturated rings. The number of amides is 1. The number of nitrogens with zero attached hydrogens (tertiary/aromatic N) is 1. The largest absolute Gasteiger partial charge is 0.489 e. The summed E-state index contributed by atoms with van der Waals surface area (Å²) in [6.07, 6.45) is 3.90. The molecule has 166 valence electrons. The second-order valence-electron chi connectivity index (χ2n) is 9.00. The molecule has 1 aliphatic carbocycles. The van der Waals surface area contributed by atoms with Gasteiger partial charge in [0.25, 0.3) is 0 Å². The van der Waals surface area contributed by atoms with Crippen molar-refractivity contribution >= 4 is 11.6 Å². The lowest BCUT2D eigenvalue weighted by Crippen LogP contribution is -2.26. The summed E-state index contributed by atoms with van der Waals surface area (Å²) in [6.45, 7) is 1.67. The molecule has 4 rings (SSSR count). The normalized spacial score (nSPS) is 15.3. The molecule has 3 aromatic carbocycles. The fourth-order valence-corrected chi connectivity index (χ4v) is 4.41. The SMILES string of the molecule is CN(C)CC1CCc2cc(OCc3ccc(NC(=O)Cc4ccccc4)cc3)ccc2C1. The Bertz CT molecular complexity index is 1030. The number of carbonyl (C=O) groups is 1. The van der Waals surface area contributed by atoms with Crippen LogP contribution in [-0.2, 0) is 30.7 Å². The van der Waals surface area contributed by atoms with Gasteiger partial charge < -0.3 is 15.0 Å². The monoisotopic (exact) mass is 428 g/mol. The summed E-state index contributed by atoms with van der Waals surface area (Å²) in [4.78, 5) is 14.5. The second-order valence-corrected chi connectivity index (χ2v) is 9.00. The highest BCUT2D eigenvalue weighted by Gasteiger charge is 2.19. The van der Waals surface area contributed by atoms with Gasteiger partial charge in [-0.2, -0.15) is 0 Å². The average Bonchev–Trinajstić information content (AvgIpc) is 2.79. The van der Waals surface area contributed by atoms with E-state index in [-0.39, 0.29) is 5.91 Å². The number of nitrogens with one attached hydrogen (secondary N) is 1. The topological polar surface area (TPSA) is 41.6 Å². The number of aryl methyl sites for hydroxylation is 1. The Morgan fingerprint density at radius 2 is 1.75 bits per heavy atom. The van der Waals surface area contributed by atoms with Gasteiger partial charge in [-0.25, -0.2) is 0 Å². The molecule has 0 saturated carbocycles. The molecule has 1 N–H and O–H groups in total. The first-order valence-electron chi connectivity index (χ1n) is 11.4. The molecule has 1 atom stereocenters. The Hall–Kier alpha value is -3.11. The van der Waals surface area contributed by atoms with Crippen molar-refractivity contribution in [2.24, 2.45) is 5.92 Å².